The summed E-state index contributed by atoms with van der Waals surface area (Å²) in [6.07, 6.45) is 0.926. The number of aliphatic carboxylic acids is 1. The highest BCUT2D eigenvalue weighted by atomic mass is 32.2. The Balaban J connectivity index is 2.96. The van der Waals surface area contributed by atoms with E-state index in [1.165, 1.54) is 11.3 Å². The van der Waals surface area contributed by atoms with E-state index in [4.69, 9.17) is 4.74 Å². The van der Waals surface area contributed by atoms with Crippen molar-refractivity contribution in [3.8, 4) is 0 Å². The van der Waals surface area contributed by atoms with Crippen LogP contribution in [0, 0.1) is 0 Å². The van der Waals surface area contributed by atoms with Crippen LogP contribution in [0.4, 0.5) is 4.79 Å². The van der Waals surface area contributed by atoms with Crippen LogP contribution in [0.5, 0.6) is 0 Å². The summed E-state index contributed by atoms with van der Waals surface area (Å²) in [7, 11) is -1.13. The van der Waals surface area contributed by atoms with Crippen molar-refractivity contribution in [2.24, 2.45) is 0 Å². The molecule has 2 N–H and O–H groups in total. The highest BCUT2D eigenvalue weighted by Gasteiger charge is 2.29. The van der Waals surface area contributed by atoms with Crippen molar-refractivity contribution in [3.05, 3.63) is 35.9 Å². The zero-order chi connectivity index (χ0) is 19.0. The van der Waals surface area contributed by atoms with E-state index in [2.05, 4.69) is 5.43 Å². The SMILES string of the molecule is C[S@](=O)CC[C@H](C(=O)O)N(Cc1ccccc1)NC(=O)OC(C)(C)C. The van der Waals surface area contributed by atoms with E-state index in [9.17, 15) is 18.9 Å². The summed E-state index contributed by atoms with van der Waals surface area (Å²) in [5, 5.41) is 10.9. The number of carboxylic acid groups (broad SMARTS) is 1. The first-order valence-corrected chi connectivity index (χ1v) is 9.64. The zero-order valence-corrected chi connectivity index (χ0v) is 15.8. The van der Waals surface area contributed by atoms with E-state index in [1.54, 1.807) is 20.8 Å². The summed E-state index contributed by atoms with van der Waals surface area (Å²) in [5.41, 5.74) is 2.65. The van der Waals surface area contributed by atoms with Crippen molar-refractivity contribution < 1.29 is 23.6 Å². The molecule has 1 aromatic rings. The molecule has 0 aliphatic carbocycles. The number of nitrogens with zero attached hydrogens (tertiary/aromatic N) is 1. The van der Waals surface area contributed by atoms with E-state index in [0.717, 1.165) is 5.56 Å². The van der Waals surface area contributed by atoms with Crippen LogP contribution in [0.3, 0.4) is 0 Å². The fourth-order valence-electron chi connectivity index (χ4n) is 2.12. The van der Waals surface area contributed by atoms with Crippen molar-refractivity contribution >= 4 is 22.9 Å². The van der Waals surface area contributed by atoms with E-state index in [-0.39, 0.29) is 18.7 Å². The Morgan fingerprint density at radius 3 is 2.36 bits per heavy atom. The predicted octanol–water partition coefficient (Wildman–Crippen LogP) is 2.15. The Kier molecular flexibility index (Phi) is 8.05. The first-order chi connectivity index (χ1) is 11.6. The van der Waals surface area contributed by atoms with Crippen molar-refractivity contribution in [1.82, 2.24) is 10.4 Å². The second kappa shape index (κ2) is 9.53. The molecule has 1 rings (SSSR count). The van der Waals surface area contributed by atoms with Crippen LogP contribution in [0.25, 0.3) is 0 Å². The van der Waals surface area contributed by atoms with Crippen LogP contribution in [0.2, 0.25) is 0 Å². The predicted molar refractivity (Wildman–Crippen MR) is 96.3 cm³/mol. The third kappa shape index (κ3) is 8.64. The highest BCUT2D eigenvalue weighted by Crippen LogP contribution is 2.12. The van der Waals surface area contributed by atoms with Gasteiger partial charge in [-0.2, -0.15) is 5.01 Å². The lowest BCUT2D eigenvalue weighted by Gasteiger charge is -2.30. The quantitative estimate of drug-likeness (QED) is 0.681. The number of amides is 1. The van der Waals surface area contributed by atoms with Gasteiger partial charge in [0.1, 0.15) is 11.6 Å². The topological polar surface area (TPSA) is 95.9 Å². The van der Waals surface area contributed by atoms with Crippen LogP contribution >= 0.6 is 0 Å². The third-order valence-corrected chi connectivity index (χ3v) is 3.98. The second-order valence-corrected chi connectivity index (χ2v) is 8.20. The molecular weight excluding hydrogens is 344 g/mol. The molecule has 25 heavy (non-hydrogen) atoms. The average molecular weight is 370 g/mol. The van der Waals surface area contributed by atoms with E-state index in [1.807, 2.05) is 30.3 Å². The minimum absolute atomic E-state index is 0.140. The summed E-state index contributed by atoms with van der Waals surface area (Å²) in [5.74, 6) is -0.879. The first kappa shape index (κ1) is 21.1. The molecule has 0 saturated heterocycles. The van der Waals surface area contributed by atoms with Crippen LogP contribution < -0.4 is 5.43 Å². The van der Waals surface area contributed by atoms with Crippen LogP contribution in [0.1, 0.15) is 32.8 Å². The Morgan fingerprint density at radius 2 is 1.88 bits per heavy atom. The number of benzene rings is 1. The van der Waals surface area contributed by atoms with Gasteiger partial charge in [-0.25, -0.2) is 4.79 Å². The molecule has 7 nitrogen and oxygen atoms in total. The highest BCUT2D eigenvalue weighted by molar-refractivity contribution is 7.84. The molecule has 0 fully saturated rings. The maximum Gasteiger partial charge on any atom is 0.422 e. The Labute approximate surface area is 150 Å². The van der Waals surface area contributed by atoms with Gasteiger partial charge in [-0.3, -0.25) is 14.4 Å². The number of hydrogen-bond donors (Lipinski definition) is 2. The maximum absolute atomic E-state index is 12.1. The smallest absolute Gasteiger partial charge is 0.422 e. The first-order valence-electron chi connectivity index (χ1n) is 7.91. The molecule has 0 aromatic heterocycles. The molecule has 0 heterocycles. The van der Waals surface area contributed by atoms with Crippen molar-refractivity contribution in [3.63, 3.8) is 0 Å². The van der Waals surface area contributed by atoms with Gasteiger partial charge in [0.05, 0.1) is 0 Å². The molecule has 0 saturated carbocycles. The van der Waals surface area contributed by atoms with Gasteiger partial charge in [0.2, 0.25) is 0 Å². The summed E-state index contributed by atoms with van der Waals surface area (Å²) < 4.78 is 16.6. The Hall–Kier alpha value is -1.93. The summed E-state index contributed by atoms with van der Waals surface area (Å²) in [4.78, 5) is 23.8. The minimum Gasteiger partial charge on any atom is -0.480 e. The molecule has 1 amide bonds. The minimum atomic E-state index is -1.13. The molecule has 0 spiro atoms. The van der Waals surface area contributed by atoms with Gasteiger partial charge in [-0.15, -0.1) is 0 Å². The van der Waals surface area contributed by atoms with Crippen molar-refractivity contribution in [1.29, 1.82) is 0 Å². The monoisotopic (exact) mass is 370 g/mol. The molecule has 0 aliphatic rings. The average Bonchev–Trinajstić information content (AvgIpc) is 2.45. The molecule has 0 bridgehead atoms. The lowest BCUT2D eigenvalue weighted by atomic mass is 10.1. The van der Waals surface area contributed by atoms with Gasteiger partial charge >= 0.3 is 12.1 Å². The van der Waals surface area contributed by atoms with Crippen LogP contribution in [0.15, 0.2) is 30.3 Å². The summed E-state index contributed by atoms with van der Waals surface area (Å²) in [6, 6.07) is 8.16. The number of carbonyl (C=O) groups excluding carboxylic acids is 1. The lowest BCUT2D eigenvalue weighted by molar-refractivity contribution is -0.145. The van der Waals surface area contributed by atoms with E-state index >= 15 is 0 Å². The number of ether oxygens (including phenoxy) is 1. The number of hydrogen-bond acceptors (Lipinski definition) is 5. The van der Waals surface area contributed by atoms with Gasteiger partial charge in [0.15, 0.2) is 0 Å². The van der Waals surface area contributed by atoms with Crippen LogP contribution in [-0.4, -0.2) is 50.0 Å². The third-order valence-electron chi connectivity index (χ3n) is 3.17. The fraction of sp³-hybridized carbons (Fsp3) is 0.529. The number of carbonyl (C=O) groups is 2. The molecule has 0 unspecified atom stereocenters. The molecule has 0 aliphatic heterocycles. The molecular formula is C17H26N2O5S. The van der Waals surface area contributed by atoms with Gasteiger partial charge in [-0.05, 0) is 32.8 Å². The number of hydrazine groups is 1. The van der Waals surface area contributed by atoms with E-state index in [0.29, 0.717) is 0 Å². The molecule has 8 heteroatoms. The van der Waals surface area contributed by atoms with Gasteiger partial charge in [-0.1, -0.05) is 30.3 Å². The normalized spacial score (nSPS) is 14.0. The fourth-order valence-corrected chi connectivity index (χ4v) is 2.67. The standard InChI is InChI=1S/C17H26N2O5S/c1-17(2,3)24-16(22)18-19(12-13-8-6-5-7-9-13)14(15(20)21)10-11-25(4)23/h5-9,14H,10-12H2,1-4H3,(H,18,22)(H,20,21)/t14-,25+/m1/s1. The Morgan fingerprint density at radius 1 is 1.28 bits per heavy atom. The van der Waals surface area contributed by atoms with Crippen molar-refractivity contribution in [2.75, 3.05) is 12.0 Å². The number of nitrogens with one attached hydrogen (secondary N) is 1. The largest absolute Gasteiger partial charge is 0.480 e. The summed E-state index contributed by atoms with van der Waals surface area (Å²) in [6.45, 7) is 5.36. The van der Waals surface area contributed by atoms with Crippen LogP contribution in [-0.2, 0) is 26.9 Å². The lowest BCUT2D eigenvalue weighted by Crippen LogP contribution is -2.52. The Bertz CT molecular complexity index is 601. The summed E-state index contributed by atoms with van der Waals surface area (Å²) >= 11 is 0. The molecule has 0 radical (unpaired) electrons. The molecule has 1 aromatic carbocycles. The van der Waals surface area contributed by atoms with Gasteiger partial charge < -0.3 is 9.84 Å². The van der Waals surface area contributed by atoms with Crippen molar-refractivity contribution in [2.45, 2.75) is 45.4 Å². The second-order valence-electron chi connectivity index (χ2n) is 6.65. The number of rotatable bonds is 8. The molecule has 2 atom stereocenters. The number of carboxylic acids is 1. The van der Waals surface area contributed by atoms with Gasteiger partial charge in [0.25, 0.3) is 0 Å². The zero-order valence-electron chi connectivity index (χ0n) is 15.0. The maximum atomic E-state index is 12.1. The van der Waals surface area contributed by atoms with Gasteiger partial charge in [0, 0.05) is 29.4 Å². The van der Waals surface area contributed by atoms with E-state index < -0.39 is 34.5 Å². The molecule has 140 valence electrons.